The second-order valence-electron chi connectivity index (χ2n) is 4.57. The molecule has 1 aromatic heterocycles. The quantitative estimate of drug-likeness (QED) is 0.730. The Bertz CT molecular complexity index is 627. The maximum Gasteiger partial charge on any atom is 0.255 e. The van der Waals surface area contributed by atoms with Crippen LogP contribution >= 0.6 is 22.6 Å². The summed E-state index contributed by atoms with van der Waals surface area (Å²) < 4.78 is 1.00. The van der Waals surface area contributed by atoms with Crippen LogP contribution in [-0.4, -0.2) is 22.3 Å². The molecule has 0 aliphatic carbocycles. The molecule has 2 heterocycles. The minimum atomic E-state index is 0.111. The number of amides is 1. The summed E-state index contributed by atoms with van der Waals surface area (Å²) in [5, 5.41) is 0. The van der Waals surface area contributed by atoms with Crippen LogP contribution in [0.3, 0.4) is 0 Å². The summed E-state index contributed by atoms with van der Waals surface area (Å²) in [4.78, 5) is 18.8. The van der Waals surface area contributed by atoms with Gasteiger partial charge in [0.15, 0.2) is 0 Å². The molecular weight excluding hydrogens is 351 g/mol. The van der Waals surface area contributed by atoms with Gasteiger partial charge in [-0.05, 0) is 46.4 Å². The van der Waals surface area contributed by atoms with Crippen molar-refractivity contribution in [2.75, 3.05) is 6.54 Å². The summed E-state index contributed by atoms with van der Waals surface area (Å²) in [6, 6.07) is 11.7. The molecule has 0 N–H and O–H groups in total. The first-order valence-electron chi connectivity index (χ1n) is 6.22. The average Bonchev–Trinajstić information content (AvgIpc) is 2.46. The second-order valence-corrected chi connectivity index (χ2v) is 5.73. The lowest BCUT2D eigenvalue weighted by Crippen LogP contribution is -2.36. The fourth-order valence-corrected chi connectivity index (χ4v) is 2.96. The summed E-state index contributed by atoms with van der Waals surface area (Å²) in [6.07, 6.45) is 2.65. The van der Waals surface area contributed by atoms with E-state index < -0.39 is 0 Å². The van der Waals surface area contributed by atoms with E-state index in [2.05, 4.69) is 33.6 Å². The third-order valence-electron chi connectivity index (χ3n) is 3.36. The topological polar surface area (TPSA) is 33.2 Å². The monoisotopic (exact) mass is 364 g/mol. The van der Waals surface area contributed by atoms with Crippen LogP contribution in [0.15, 0.2) is 42.6 Å². The number of nitrogens with zero attached hydrogens (tertiary/aromatic N) is 2. The van der Waals surface area contributed by atoms with E-state index in [1.54, 1.807) is 0 Å². The van der Waals surface area contributed by atoms with E-state index in [1.165, 1.54) is 0 Å². The number of halogens is 1. The molecule has 0 saturated carbocycles. The van der Waals surface area contributed by atoms with Gasteiger partial charge in [0.05, 0.1) is 5.56 Å². The van der Waals surface area contributed by atoms with E-state index in [0.717, 1.165) is 33.4 Å². The van der Waals surface area contributed by atoms with Gasteiger partial charge in [0.1, 0.15) is 0 Å². The molecule has 19 heavy (non-hydrogen) atoms. The number of carbonyl (C=O) groups is 1. The molecule has 0 bridgehead atoms. The van der Waals surface area contributed by atoms with Crippen molar-refractivity contribution in [3.05, 3.63) is 63.0 Å². The van der Waals surface area contributed by atoms with E-state index in [0.29, 0.717) is 6.54 Å². The van der Waals surface area contributed by atoms with Gasteiger partial charge in [-0.25, -0.2) is 0 Å². The standard InChI is InChI=1S/C15H13IN2O/c16-13-6-2-1-5-12(13)15(19)18-9-7-14-11(10-18)4-3-8-17-14/h1-6,8H,7,9-10H2. The van der Waals surface area contributed by atoms with Gasteiger partial charge in [-0.15, -0.1) is 0 Å². The Hall–Kier alpha value is -1.43. The Morgan fingerprint density at radius 2 is 2.05 bits per heavy atom. The van der Waals surface area contributed by atoms with Crippen LogP contribution in [0, 0.1) is 3.57 Å². The first-order chi connectivity index (χ1) is 9.25. The molecule has 3 rings (SSSR count). The molecule has 0 spiro atoms. The molecule has 1 amide bonds. The van der Waals surface area contributed by atoms with Gasteiger partial charge in [-0.2, -0.15) is 0 Å². The van der Waals surface area contributed by atoms with E-state index in [9.17, 15) is 4.79 Å². The SMILES string of the molecule is O=C(c1ccccc1I)N1CCc2ncccc2C1. The molecule has 0 unspecified atom stereocenters. The molecule has 3 nitrogen and oxygen atoms in total. The minimum Gasteiger partial charge on any atom is -0.334 e. The maximum atomic E-state index is 12.5. The molecule has 2 aromatic rings. The van der Waals surface area contributed by atoms with Gasteiger partial charge in [0, 0.05) is 35.0 Å². The highest BCUT2D eigenvalue weighted by molar-refractivity contribution is 14.1. The van der Waals surface area contributed by atoms with Crippen molar-refractivity contribution in [2.24, 2.45) is 0 Å². The van der Waals surface area contributed by atoms with Crippen LogP contribution in [0.25, 0.3) is 0 Å². The van der Waals surface area contributed by atoms with Gasteiger partial charge in [0.2, 0.25) is 0 Å². The molecule has 0 atom stereocenters. The van der Waals surface area contributed by atoms with Crippen molar-refractivity contribution in [3.63, 3.8) is 0 Å². The Balaban J connectivity index is 1.86. The predicted octanol–water partition coefficient (Wildman–Crippen LogP) is 2.88. The highest BCUT2D eigenvalue weighted by Gasteiger charge is 2.23. The number of hydrogen-bond donors (Lipinski definition) is 0. The first-order valence-corrected chi connectivity index (χ1v) is 7.30. The zero-order valence-electron chi connectivity index (χ0n) is 10.3. The van der Waals surface area contributed by atoms with Crippen LogP contribution in [0.2, 0.25) is 0 Å². The Morgan fingerprint density at radius 1 is 1.21 bits per heavy atom. The van der Waals surface area contributed by atoms with Gasteiger partial charge in [-0.3, -0.25) is 9.78 Å². The van der Waals surface area contributed by atoms with Gasteiger partial charge < -0.3 is 4.90 Å². The van der Waals surface area contributed by atoms with Crippen molar-refractivity contribution in [1.82, 2.24) is 9.88 Å². The lowest BCUT2D eigenvalue weighted by atomic mass is 10.0. The van der Waals surface area contributed by atoms with Crippen molar-refractivity contribution in [2.45, 2.75) is 13.0 Å². The fraction of sp³-hybridized carbons (Fsp3) is 0.200. The highest BCUT2D eigenvalue weighted by Crippen LogP contribution is 2.20. The fourth-order valence-electron chi connectivity index (χ4n) is 2.34. The van der Waals surface area contributed by atoms with Gasteiger partial charge in [-0.1, -0.05) is 18.2 Å². The largest absolute Gasteiger partial charge is 0.334 e. The van der Waals surface area contributed by atoms with E-state index in [1.807, 2.05) is 41.4 Å². The summed E-state index contributed by atoms with van der Waals surface area (Å²) in [5.41, 5.74) is 3.07. The number of carbonyl (C=O) groups excluding carboxylic acids is 1. The molecule has 0 fully saturated rings. The average molecular weight is 364 g/mol. The Labute approximate surface area is 125 Å². The number of rotatable bonds is 1. The van der Waals surface area contributed by atoms with Crippen LogP contribution < -0.4 is 0 Å². The van der Waals surface area contributed by atoms with Crippen LogP contribution in [0.5, 0.6) is 0 Å². The molecule has 4 heteroatoms. The lowest BCUT2D eigenvalue weighted by Gasteiger charge is -2.28. The predicted molar refractivity (Wildman–Crippen MR) is 81.8 cm³/mol. The summed E-state index contributed by atoms with van der Waals surface area (Å²) >= 11 is 2.21. The number of pyridine rings is 1. The third kappa shape index (κ3) is 2.49. The molecule has 0 radical (unpaired) electrons. The first kappa shape index (κ1) is 12.6. The van der Waals surface area contributed by atoms with Crippen molar-refractivity contribution >= 4 is 28.5 Å². The number of aromatic nitrogens is 1. The smallest absolute Gasteiger partial charge is 0.255 e. The van der Waals surface area contributed by atoms with Gasteiger partial charge in [0.25, 0.3) is 5.91 Å². The number of benzene rings is 1. The van der Waals surface area contributed by atoms with Crippen molar-refractivity contribution < 1.29 is 4.79 Å². The second kappa shape index (κ2) is 5.28. The molecule has 1 aliphatic rings. The molecule has 0 saturated heterocycles. The van der Waals surface area contributed by atoms with Crippen LogP contribution in [0.4, 0.5) is 0 Å². The van der Waals surface area contributed by atoms with Crippen LogP contribution in [0.1, 0.15) is 21.6 Å². The molecule has 96 valence electrons. The highest BCUT2D eigenvalue weighted by atomic mass is 127. The summed E-state index contributed by atoms with van der Waals surface area (Å²) in [6.45, 7) is 1.40. The molecule has 1 aliphatic heterocycles. The summed E-state index contributed by atoms with van der Waals surface area (Å²) in [7, 11) is 0. The van der Waals surface area contributed by atoms with Crippen molar-refractivity contribution in [3.8, 4) is 0 Å². The van der Waals surface area contributed by atoms with Gasteiger partial charge >= 0.3 is 0 Å². The minimum absolute atomic E-state index is 0.111. The molecular formula is C15H13IN2O. The zero-order valence-corrected chi connectivity index (χ0v) is 12.5. The normalized spacial score (nSPS) is 14.1. The number of fused-ring (bicyclic) bond motifs is 1. The Kier molecular flexibility index (Phi) is 3.50. The third-order valence-corrected chi connectivity index (χ3v) is 4.30. The maximum absolute atomic E-state index is 12.5. The molecule has 1 aromatic carbocycles. The zero-order chi connectivity index (χ0) is 13.2. The summed E-state index contributed by atoms with van der Waals surface area (Å²) in [5.74, 6) is 0.111. The van der Waals surface area contributed by atoms with Crippen LogP contribution in [-0.2, 0) is 13.0 Å². The van der Waals surface area contributed by atoms with E-state index in [-0.39, 0.29) is 5.91 Å². The Morgan fingerprint density at radius 3 is 2.89 bits per heavy atom. The van der Waals surface area contributed by atoms with E-state index in [4.69, 9.17) is 0 Å². The number of hydrogen-bond acceptors (Lipinski definition) is 2. The lowest BCUT2D eigenvalue weighted by molar-refractivity contribution is 0.0732. The van der Waals surface area contributed by atoms with E-state index >= 15 is 0 Å². The van der Waals surface area contributed by atoms with Crippen molar-refractivity contribution in [1.29, 1.82) is 0 Å².